The molecule has 0 atom stereocenters. The molecule has 0 aliphatic carbocycles. The zero-order valence-corrected chi connectivity index (χ0v) is 8.74. The van der Waals surface area contributed by atoms with Gasteiger partial charge in [0.05, 0.1) is 0 Å². The first kappa shape index (κ1) is 9.47. The van der Waals surface area contributed by atoms with E-state index in [0.29, 0.717) is 0 Å². The molecule has 1 fully saturated rings. The maximum absolute atomic E-state index is 2.45. The summed E-state index contributed by atoms with van der Waals surface area (Å²) < 4.78 is 0. The van der Waals surface area contributed by atoms with Crippen LogP contribution in [0.5, 0.6) is 0 Å². The van der Waals surface area contributed by atoms with Crippen LogP contribution in [-0.2, 0) is 0 Å². The van der Waals surface area contributed by atoms with Crippen LogP contribution in [0.1, 0.15) is 18.9 Å². The Kier molecular flexibility index (Phi) is 3.00. The Balaban J connectivity index is 1.89. The normalized spacial score (nSPS) is 17.1. The van der Waals surface area contributed by atoms with E-state index in [9.17, 15) is 0 Å². The molecule has 1 aromatic carbocycles. The molecule has 1 saturated heterocycles. The summed E-state index contributed by atoms with van der Waals surface area (Å²) in [6.07, 6.45) is 3.52. The summed E-state index contributed by atoms with van der Waals surface area (Å²) in [6.45, 7) is 6.03. The molecule has 1 nitrogen and oxygen atoms in total. The van der Waals surface area contributed by atoms with Crippen LogP contribution in [0, 0.1) is 0 Å². The van der Waals surface area contributed by atoms with Crippen LogP contribution in [-0.4, -0.2) is 24.5 Å². The average Bonchev–Trinajstić information content (AvgIpc) is 3.03. The molecule has 0 spiro atoms. The molecule has 1 aliphatic heterocycles. The van der Waals surface area contributed by atoms with Gasteiger partial charge in [-0.3, -0.25) is 0 Å². The SMILES string of the molecule is CC(=CCCN1CC1)c1ccccc1. The topological polar surface area (TPSA) is 3.01 Å². The van der Waals surface area contributed by atoms with Gasteiger partial charge in [0.25, 0.3) is 0 Å². The van der Waals surface area contributed by atoms with Crippen molar-refractivity contribution in [2.45, 2.75) is 13.3 Å². The quantitative estimate of drug-likeness (QED) is 0.655. The molecule has 0 aromatic heterocycles. The summed E-state index contributed by atoms with van der Waals surface area (Å²) in [4.78, 5) is 2.45. The Morgan fingerprint density at radius 2 is 2.00 bits per heavy atom. The molecule has 0 saturated carbocycles. The molecule has 14 heavy (non-hydrogen) atoms. The van der Waals surface area contributed by atoms with Gasteiger partial charge in [0.2, 0.25) is 0 Å². The number of nitrogens with zero attached hydrogens (tertiary/aromatic N) is 1. The van der Waals surface area contributed by atoms with Crippen molar-refractivity contribution < 1.29 is 0 Å². The van der Waals surface area contributed by atoms with E-state index < -0.39 is 0 Å². The van der Waals surface area contributed by atoms with E-state index in [1.807, 2.05) is 0 Å². The van der Waals surface area contributed by atoms with Crippen molar-refractivity contribution in [2.24, 2.45) is 0 Å². The van der Waals surface area contributed by atoms with Crippen LogP contribution in [0.4, 0.5) is 0 Å². The van der Waals surface area contributed by atoms with E-state index in [1.54, 1.807) is 0 Å². The van der Waals surface area contributed by atoms with Crippen molar-refractivity contribution in [1.82, 2.24) is 4.90 Å². The molecule has 74 valence electrons. The molecule has 2 rings (SSSR count). The molecule has 1 aliphatic rings. The molecule has 1 heterocycles. The van der Waals surface area contributed by atoms with Crippen LogP contribution >= 0.6 is 0 Å². The highest BCUT2D eigenvalue weighted by atomic mass is 15.2. The Morgan fingerprint density at radius 3 is 2.64 bits per heavy atom. The standard InChI is InChI=1S/C13H17N/c1-12(6-5-9-14-10-11-14)13-7-3-2-4-8-13/h2-4,6-8H,5,9-11H2,1H3. The van der Waals surface area contributed by atoms with E-state index in [4.69, 9.17) is 0 Å². The van der Waals surface area contributed by atoms with Gasteiger partial charge in [0.15, 0.2) is 0 Å². The highest BCUT2D eigenvalue weighted by molar-refractivity contribution is 5.63. The molecule has 0 radical (unpaired) electrons. The number of hydrogen-bond donors (Lipinski definition) is 0. The van der Waals surface area contributed by atoms with Gasteiger partial charge in [0.1, 0.15) is 0 Å². The van der Waals surface area contributed by atoms with E-state index in [2.05, 4.69) is 48.2 Å². The lowest BCUT2D eigenvalue weighted by Gasteiger charge is -2.01. The molecule has 1 heteroatoms. The highest BCUT2D eigenvalue weighted by Gasteiger charge is 2.14. The summed E-state index contributed by atoms with van der Waals surface area (Å²) in [5.41, 5.74) is 2.74. The van der Waals surface area contributed by atoms with Gasteiger partial charge in [-0.05, 0) is 24.5 Å². The maximum Gasteiger partial charge on any atom is 0.0110 e. The molecule has 0 bridgehead atoms. The number of allylic oxidation sites excluding steroid dienone is 1. The summed E-state index contributed by atoms with van der Waals surface area (Å²) >= 11 is 0. The van der Waals surface area contributed by atoms with Gasteiger partial charge in [-0.1, -0.05) is 36.4 Å². The van der Waals surface area contributed by atoms with Crippen molar-refractivity contribution in [3.63, 3.8) is 0 Å². The number of rotatable bonds is 4. The highest BCUT2D eigenvalue weighted by Crippen LogP contribution is 2.14. The molecule has 0 N–H and O–H groups in total. The van der Waals surface area contributed by atoms with Gasteiger partial charge < -0.3 is 4.90 Å². The number of benzene rings is 1. The minimum Gasteiger partial charge on any atom is -0.300 e. The largest absolute Gasteiger partial charge is 0.300 e. The fraction of sp³-hybridized carbons (Fsp3) is 0.385. The fourth-order valence-corrected chi connectivity index (χ4v) is 1.58. The molecular formula is C13H17N. The van der Waals surface area contributed by atoms with Crippen molar-refractivity contribution in [1.29, 1.82) is 0 Å². The predicted molar refractivity (Wildman–Crippen MR) is 61.2 cm³/mol. The van der Waals surface area contributed by atoms with Crippen LogP contribution in [0.3, 0.4) is 0 Å². The second kappa shape index (κ2) is 4.43. The lowest BCUT2D eigenvalue weighted by molar-refractivity contribution is 0.567. The summed E-state index contributed by atoms with van der Waals surface area (Å²) in [6, 6.07) is 10.6. The smallest absolute Gasteiger partial charge is 0.0110 e. The van der Waals surface area contributed by atoms with Crippen LogP contribution in [0.15, 0.2) is 36.4 Å². The maximum atomic E-state index is 2.45. The summed E-state index contributed by atoms with van der Waals surface area (Å²) in [7, 11) is 0. The Labute approximate surface area is 86.1 Å². The lowest BCUT2D eigenvalue weighted by atomic mass is 10.1. The molecule has 1 aromatic rings. The van der Waals surface area contributed by atoms with Crippen LogP contribution in [0.2, 0.25) is 0 Å². The minimum atomic E-state index is 1.18. The van der Waals surface area contributed by atoms with Gasteiger partial charge in [0, 0.05) is 19.6 Å². The first-order valence-corrected chi connectivity index (χ1v) is 5.31. The molecular weight excluding hydrogens is 170 g/mol. The van der Waals surface area contributed by atoms with Gasteiger partial charge in [-0.2, -0.15) is 0 Å². The zero-order chi connectivity index (χ0) is 9.80. The summed E-state index contributed by atoms with van der Waals surface area (Å²) in [5, 5.41) is 0. The zero-order valence-electron chi connectivity index (χ0n) is 8.74. The number of hydrogen-bond acceptors (Lipinski definition) is 1. The van der Waals surface area contributed by atoms with E-state index in [1.165, 1.54) is 37.2 Å². The van der Waals surface area contributed by atoms with Gasteiger partial charge in [-0.25, -0.2) is 0 Å². The van der Waals surface area contributed by atoms with Crippen molar-refractivity contribution in [3.8, 4) is 0 Å². The minimum absolute atomic E-state index is 1.18. The van der Waals surface area contributed by atoms with E-state index in [0.717, 1.165) is 0 Å². The third-order valence-corrected chi connectivity index (χ3v) is 2.66. The molecule has 0 unspecified atom stereocenters. The first-order valence-electron chi connectivity index (χ1n) is 5.31. The van der Waals surface area contributed by atoms with Crippen molar-refractivity contribution >= 4 is 5.57 Å². The third-order valence-electron chi connectivity index (χ3n) is 2.66. The van der Waals surface area contributed by atoms with Crippen molar-refractivity contribution in [3.05, 3.63) is 42.0 Å². The van der Waals surface area contributed by atoms with E-state index >= 15 is 0 Å². The fourth-order valence-electron chi connectivity index (χ4n) is 1.58. The lowest BCUT2D eigenvalue weighted by Crippen LogP contribution is -1.96. The monoisotopic (exact) mass is 187 g/mol. The van der Waals surface area contributed by atoms with Crippen molar-refractivity contribution in [2.75, 3.05) is 19.6 Å². The van der Waals surface area contributed by atoms with Crippen LogP contribution < -0.4 is 0 Å². The Hall–Kier alpha value is -1.08. The Bertz CT molecular complexity index is 309. The first-order chi connectivity index (χ1) is 6.86. The summed E-state index contributed by atoms with van der Waals surface area (Å²) in [5.74, 6) is 0. The average molecular weight is 187 g/mol. The second-order valence-corrected chi connectivity index (χ2v) is 3.88. The van der Waals surface area contributed by atoms with Crippen LogP contribution in [0.25, 0.3) is 5.57 Å². The third kappa shape index (κ3) is 2.71. The van der Waals surface area contributed by atoms with Gasteiger partial charge >= 0.3 is 0 Å². The Morgan fingerprint density at radius 1 is 1.29 bits per heavy atom. The van der Waals surface area contributed by atoms with Gasteiger partial charge in [-0.15, -0.1) is 0 Å². The van der Waals surface area contributed by atoms with E-state index in [-0.39, 0.29) is 0 Å². The second-order valence-electron chi connectivity index (χ2n) is 3.88. The predicted octanol–water partition coefficient (Wildman–Crippen LogP) is 2.80. The molecule has 0 amide bonds.